The molecule has 0 heterocycles. The highest BCUT2D eigenvalue weighted by Crippen LogP contribution is 2.31. The summed E-state index contributed by atoms with van der Waals surface area (Å²) < 4.78 is 0. The third-order valence-electron chi connectivity index (χ3n) is 3.39. The first-order valence-electron chi connectivity index (χ1n) is 6.83. The lowest BCUT2D eigenvalue weighted by Crippen LogP contribution is -2.24. The van der Waals surface area contributed by atoms with Crippen molar-refractivity contribution in [2.45, 2.75) is 33.1 Å². The molecule has 1 amide bonds. The number of aryl methyl sites for hydroxylation is 1. The fraction of sp³-hybridized carbons (Fsp3) is 0.533. The zero-order chi connectivity index (χ0) is 13.0. The van der Waals surface area contributed by atoms with Gasteiger partial charge in [-0.05, 0) is 49.9 Å². The number of anilines is 1. The van der Waals surface area contributed by atoms with E-state index in [2.05, 4.69) is 17.6 Å². The largest absolute Gasteiger partial charge is 0.385 e. The van der Waals surface area contributed by atoms with Gasteiger partial charge in [0.25, 0.3) is 5.91 Å². The Morgan fingerprint density at radius 3 is 2.78 bits per heavy atom. The lowest BCUT2D eigenvalue weighted by Gasteiger charge is -2.10. The molecular formula is C15H22N2O. The summed E-state index contributed by atoms with van der Waals surface area (Å²) in [5.74, 6) is 0.907. The molecule has 0 atom stereocenters. The molecule has 0 unspecified atom stereocenters. The van der Waals surface area contributed by atoms with E-state index in [1.54, 1.807) is 0 Å². The van der Waals surface area contributed by atoms with Gasteiger partial charge in [-0.1, -0.05) is 12.8 Å². The second-order valence-corrected chi connectivity index (χ2v) is 5.05. The molecule has 1 fully saturated rings. The van der Waals surface area contributed by atoms with Gasteiger partial charge < -0.3 is 10.6 Å². The molecule has 1 aromatic rings. The van der Waals surface area contributed by atoms with Crippen LogP contribution < -0.4 is 10.6 Å². The molecule has 0 aliphatic heterocycles. The van der Waals surface area contributed by atoms with Gasteiger partial charge in [0, 0.05) is 24.3 Å². The van der Waals surface area contributed by atoms with E-state index in [0.717, 1.165) is 42.2 Å². The van der Waals surface area contributed by atoms with Crippen LogP contribution in [0.5, 0.6) is 0 Å². The Morgan fingerprint density at radius 1 is 1.39 bits per heavy atom. The van der Waals surface area contributed by atoms with E-state index in [1.807, 2.05) is 25.1 Å². The van der Waals surface area contributed by atoms with Crippen LogP contribution in [-0.4, -0.2) is 19.0 Å². The third kappa shape index (κ3) is 3.49. The third-order valence-corrected chi connectivity index (χ3v) is 3.39. The van der Waals surface area contributed by atoms with Gasteiger partial charge in [-0.15, -0.1) is 0 Å². The van der Waals surface area contributed by atoms with Crippen molar-refractivity contribution in [2.24, 2.45) is 5.92 Å². The number of carbonyl (C=O) groups excluding carboxylic acids is 1. The van der Waals surface area contributed by atoms with Crippen LogP contribution in [0.15, 0.2) is 18.2 Å². The number of carbonyl (C=O) groups is 1. The fourth-order valence-electron chi connectivity index (χ4n) is 2.09. The maximum Gasteiger partial charge on any atom is 0.251 e. The van der Waals surface area contributed by atoms with Crippen LogP contribution in [0.2, 0.25) is 0 Å². The van der Waals surface area contributed by atoms with Crippen molar-refractivity contribution < 1.29 is 4.79 Å². The molecule has 0 saturated heterocycles. The number of nitrogens with one attached hydrogen (secondary N) is 2. The van der Waals surface area contributed by atoms with Crippen LogP contribution in [0.4, 0.5) is 5.69 Å². The minimum atomic E-state index is 0.0433. The lowest BCUT2D eigenvalue weighted by atomic mass is 10.1. The van der Waals surface area contributed by atoms with Crippen LogP contribution in [0.25, 0.3) is 0 Å². The quantitative estimate of drug-likeness (QED) is 0.810. The number of rotatable bonds is 6. The molecule has 0 radical (unpaired) electrons. The van der Waals surface area contributed by atoms with Crippen molar-refractivity contribution in [3.63, 3.8) is 0 Å². The number of hydrogen-bond donors (Lipinski definition) is 2. The summed E-state index contributed by atoms with van der Waals surface area (Å²) in [6, 6.07) is 5.82. The summed E-state index contributed by atoms with van der Waals surface area (Å²) in [4.78, 5) is 11.9. The van der Waals surface area contributed by atoms with Crippen molar-refractivity contribution in [1.29, 1.82) is 0 Å². The van der Waals surface area contributed by atoms with Gasteiger partial charge in [0.2, 0.25) is 0 Å². The van der Waals surface area contributed by atoms with E-state index >= 15 is 0 Å². The smallest absolute Gasteiger partial charge is 0.251 e. The van der Waals surface area contributed by atoms with E-state index < -0.39 is 0 Å². The average Bonchev–Trinajstić information content (AvgIpc) is 3.16. The molecule has 3 nitrogen and oxygen atoms in total. The summed E-state index contributed by atoms with van der Waals surface area (Å²) >= 11 is 0. The molecule has 2 N–H and O–H groups in total. The summed E-state index contributed by atoms with van der Waals surface area (Å²) in [7, 11) is 0. The first-order chi connectivity index (χ1) is 8.70. The van der Waals surface area contributed by atoms with E-state index in [-0.39, 0.29) is 5.91 Å². The van der Waals surface area contributed by atoms with Gasteiger partial charge in [0.15, 0.2) is 0 Å². The zero-order valence-electron chi connectivity index (χ0n) is 11.3. The Labute approximate surface area is 109 Å². The van der Waals surface area contributed by atoms with Crippen molar-refractivity contribution >= 4 is 11.6 Å². The number of hydrogen-bond acceptors (Lipinski definition) is 2. The molecule has 1 aliphatic rings. The molecule has 18 heavy (non-hydrogen) atoms. The summed E-state index contributed by atoms with van der Waals surface area (Å²) in [6.07, 6.45) is 3.80. The van der Waals surface area contributed by atoms with Crippen molar-refractivity contribution in [2.75, 3.05) is 18.4 Å². The molecule has 2 rings (SSSR count). The maximum atomic E-state index is 11.9. The summed E-state index contributed by atoms with van der Waals surface area (Å²) in [6.45, 7) is 5.79. The molecule has 98 valence electrons. The molecular weight excluding hydrogens is 224 g/mol. The normalized spacial score (nSPS) is 14.3. The minimum Gasteiger partial charge on any atom is -0.385 e. The Kier molecular flexibility index (Phi) is 4.24. The Hall–Kier alpha value is -1.51. The van der Waals surface area contributed by atoms with Gasteiger partial charge in [-0.25, -0.2) is 0 Å². The SMILES string of the molecule is CCNc1ccc(C(=O)NCCC2CC2)cc1C. The second-order valence-electron chi connectivity index (χ2n) is 5.05. The predicted molar refractivity (Wildman–Crippen MR) is 75.0 cm³/mol. The predicted octanol–water partition coefficient (Wildman–Crippen LogP) is 2.96. The van der Waals surface area contributed by atoms with Gasteiger partial charge in [0.1, 0.15) is 0 Å². The van der Waals surface area contributed by atoms with E-state index in [1.165, 1.54) is 12.8 Å². The van der Waals surface area contributed by atoms with Gasteiger partial charge in [-0.2, -0.15) is 0 Å². The first kappa shape index (κ1) is 12.9. The lowest BCUT2D eigenvalue weighted by molar-refractivity contribution is 0.0952. The van der Waals surface area contributed by atoms with Crippen LogP contribution >= 0.6 is 0 Å². The Morgan fingerprint density at radius 2 is 2.17 bits per heavy atom. The van der Waals surface area contributed by atoms with Crippen LogP contribution in [0.3, 0.4) is 0 Å². The first-order valence-corrected chi connectivity index (χ1v) is 6.83. The Balaban J connectivity index is 1.90. The highest BCUT2D eigenvalue weighted by Gasteiger charge is 2.20. The monoisotopic (exact) mass is 246 g/mol. The van der Waals surface area contributed by atoms with Crippen LogP contribution in [0, 0.1) is 12.8 Å². The second kappa shape index (κ2) is 5.89. The highest BCUT2D eigenvalue weighted by atomic mass is 16.1. The van der Waals surface area contributed by atoms with E-state index in [4.69, 9.17) is 0 Å². The molecule has 1 aromatic carbocycles. The summed E-state index contributed by atoms with van der Waals surface area (Å²) in [5, 5.41) is 6.27. The molecule has 0 aromatic heterocycles. The maximum absolute atomic E-state index is 11.9. The fourth-order valence-corrected chi connectivity index (χ4v) is 2.09. The van der Waals surface area contributed by atoms with E-state index in [0.29, 0.717) is 0 Å². The minimum absolute atomic E-state index is 0.0433. The highest BCUT2D eigenvalue weighted by molar-refractivity contribution is 5.94. The van der Waals surface area contributed by atoms with Crippen molar-refractivity contribution in [3.05, 3.63) is 29.3 Å². The molecule has 0 spiro atoms. The van der Waals surface area contributed by atoms with E-state index in [9.17, 15) is 4.79 Å². The molecule has 1 aliphatic carbocycles. The number of benzene rings is 1. The topological polar surface area (TPSA) is 41.1 Å². The van der Waals surface area contributed by atoms with Gasteiger partial charge in [0.05, 0.1) is 0 Å². The molecule has 3 heteroatoms. The Bertz CT molecular complexity index is 425. The zero-order valence-corrected chi connectivity index (χ0v) is 11.3. The average molecular weight is 246 g/mol. The van der Waals surface area contributed by atoms with Gasteiger partial charge in [-0.3, -0.25) is 4.79 Å². The number of amides is 1. The van der Waals surface area contributed by atoms with Crippen LogP contribution in [0.1, 0.15) is 42.1 Å². The van der Waals surface area contributed by atoms with Crippen molar-refractivity contribution in [1.82, 2.24) is 5.32 Å². The summed E-state index contributed by atoms with van der Waals surface area (Å²) in [5.41, 5.74) is 2.98. The van der Waals surface area contributed by atoms with Gasteiger partial charge >= 0.3 is 0 Å². The molecule has 0 bridgehead atoms. The molecule has 1 saturated carbocycles. The van der Waals surface area contributed by atoms with Crippen LogP contribution in [-0.2, 0) is 0 Å². The standard InChI is InChI=1S/C15H22N2O/c1-3-16-14-7-6-13(10-11(14)2)15(18)17-9-8-12-4-5-12/h6-7,10,12,16H,3-5,8-9H2,1-2H3,(H,17,18). The van der Waals surface area contributed by atoms with Crippen molar-refractivity contribution in [3.8, 4) is 0 Å².